The molecule has 1 N–H and O–H groups in total. The lowest BCUT2D eigenvalue weighted by molar-refractivity contribution is -0.0566. The maximum absolute atomic E-state index is 13.7. The average molecular weight is 430 g/mol. The third kappa shape index (κ3) is 2.67. The maximum atomic E-state index is 13.7. The minimum absolute atomic E-state index is 0.197. The molecule has 1 aromatic heterocycles. The van der Waals surface area contributed by atoms with E-state index in [1.807, 2.05) is 48.0 Å². The van der Waals surface area contributed by atoms with Gasteiger partial charge in [-0.3, -0.25) is 4.79 Å². The summed E-state index contributed by atoms with van der Waals surface area (Å²) in [5, 5.41) is 17.7. The molecule has 0 amide bonds. The maximum Gasteiger partial charge on any atom is 0.201 e. The van der Waals surface area contributed by atoms with Gasteiger partial charge in [0, 0.05) is 29.0 Å². The molecule has 3 aromatic carbocycles. The zero-order chi connectivity index (χ0) is 22.8. The monoisotopic (exact) mass is 430 g/mol. The predicted octanol–water partition coefficient (Wildman–Crippen LogP) is 4.74. The Bertz CT molecular complexity index is 1530. The normalized spacial score (nSPS) is 19.4. The molecular formula is C24H22N4O4. The smallest absolute Gasteiger partial charge is 0.201 e. The highest BCUT2D eigenvalue weighted by Gasteiger charge is 2.44. The van der Waals surface area contributed by atoms with Gasteiger partial charge >= 0.3 is 0 Å². The van der Waals surface area contributed by atoms with Crippen LogP contribution in [0.1, 0.15) is 25.5 Å². The van der Waals surface area contributed by atoms with Gasteiger partial charge in [0.15, 0.2) is 0 Å². The lowest BCUT2D eigenvalue weighted by Gasteiger charge is -2.41. The molecule has 4 aromatic rings. The van der Waals surface area contributed by atoms with Crippen LogP contribution in [0.25, 0.3) is 43.0 Å². The molecule has 5 rings (SSSR count). The van der Waals surface area contributed by atoms with Crippen molar-refractivity contribution in [3.63, 3.8) is 0 Å². The molecule has 1 aliphatic rings. The van der Waals surface area contributed by atoms with Crippen LogP contribution < -0.4 is 14.9 Å². The number of aromatic nitrogens is 1. The van der Waals surface area contributed by atoms with Crippen molar-refractivity contribution < 1.29 is 14.6 Å². The molecule has 0 bridgehead atoms. The van der Waals surface area contributed by atoms with Crippen LogP contribution in [0.4, 0.5) is 0 Å². The number of azide groups is 1. The summed E-state index contributed by atoms with van der Waals surface area (Å²) < 4.78 is 13.6. The Balaban J connectivity index is 2.03. The zero-order valence-electron chi connectivity index (χ0n) is 18.2. The van der Waals surface area contributed by atoms with Crippen molar-refractivity contribution in [2.75, 3.05) is 7.11 Å². The highest BCUT2D eigenvalue weighted by molar-refractivity contribution is 6.04. The summed E-state index contributed by atoms with van der Waals surface area (Å²) in [5.41, 5.74) is 9.74. The standard InChI is InChI=1S/C24H22N4O4/c1-24(2)23(30)20(26-27-25)18-17(32-24)11-16(31-4)19-21(18)28(3)15-10-13-8-6-5-7-12(13)9-14(15)22(19)29/h5-11,20,23,30H,1-4H3. The molecule has 2 heterocycles. The van der Waals surface area contributed by atoms with Crippen molar-refractivity contribution in [2.45, 2.75) is 31.6 Å². The average Bonchev–Trinajstić information content (AvgIpc) is 2.78. The number of aliphatic hydroxyl groups is 1. The number of pyridine rings is 1. The lowest BCUT2D eigenvalue weighted by Crippen LogP contribution is -2.48. The fraction of sp³-hybridized carbons (Fsp3) is 0.292. The fourth-order valence-electron chi connectivity index (χ4n) is 4.74. The van der Waals surface area contributed by atoms with Crippen LogP contribution in [0.15, 0.2) is 52.4 Å². The Morgan fingerprint density at radius 2 is 1.91 bits per heavy atom. The molecule has 32 heavy (non-hydrogen) atoms. The van der Waals surface area contributed by atoms with Gasteiger partial charge in [-0.05, 0) is 42.3 Å². The second-order valence-corrected chi connectivity index (χ2v) is 8.62. The Morgan fingerprint density at radius 1 is 1.22 bits per heavy atom. The summed E-state index contributed by atoms with van der Waals surface area (Å²) in [6.45, 7) is 3.45. The van der Waals surface area contributed by atoms with Crippen molar-refractivity contribution in [2.24, 2.45) is 12.2 Å². The number of hydrogen-bond acceptors (Lipinski definition) is 5. The first-order valence-electron chi connectivity index (χ1n) is 10.3. The van der Waals surface area contributed by atoms with Gasteiger partial charge in [-0.15, -0.1) is 0 Å². The topological polar surface area (TPSA) is 109 Å². The second kappa shape index (κ2) is 6.88. The van der Waals surface area contributed by atoms with E-state index < -0.39 is 17.7 Å². The van der Waals surface area contributed by atoms with E-state index in [2.05, 4.69) is 10.0 Å². The SMILES string of the molecule is COc1cc2c(c3c1c(=O)c1cc4ccccc4cc1n3C)C(N=[N+]=[N-])C(O)C(C)(C)O2. The van der Waals surface area contributed by atoms with Crippen molar-refractivity contribution in [3.8, 4) is 11.5 Å². The molecule has 162 valence electrons. The van der Waals surface area contributed by atoms with Crippen LogP contribution in [0.5, 0.6) is 11.5 Å². The molecule has 0 fully saturated rings. The highest BCUT2D eigenvalue weighted by atomic mass is 16.5. The number of benzene rings is 3. The summed E-state index contributed by atoms with van der Waals surface area (Å²) >= 11 is 0. The highest BCUT2D eigenvalue weighted by Crippen LogP contribution is 2.48. The van der Waals surface area contributed by atoms with E-state index >= 15 is 0 Å². The number of aliphatic hydroxyl groups excluding tert-OH is 1. The summed E-state index contributed by atoms with van der Waals surface area (Å²) in [7, 11) is 3.34. The minimum atomic E-state index is -1.11. The van der Waals surface area contributed by atoms with Gasteiger partial charge in [0.05, 0.1) is 29.6 Å². The molecule has 2 unspecified atom stereocenters. The number of hydrogen-bond donors (Lipinski definition) is 1. The number of nitrogens with zero attached hydrogens (tertiary/aromatic N) is 4. The van der Waals surface area contributed by atoms with Gasteiger partial charge in [-0.2, -0.15) is 0 Å². The Morgan fingerprint density at radius 3 is 2.56 bits per heavy atom. The molecule has 0 radical (unpaired) electrons. The molecule has 0 saturated heterocycles. The van der Waals surface area contributed by atoms with Crippen LogP contribution in [-0.4, -0.2) is 28.5 Å². The first-order valence-corrected chi connectivity index (χ1v) is 10.3. The van der Waals surface area contributed by atoms with Gasteiger partial charge in [0.2, 0.25) is 5.43 Å². The first-order chi connectivity index (χ1) is 15.3. The molecule has 0 spiro atoms. The van der Waals surface area contributed by atoms with E-state index in [0.29, 0.717) is 33.4 Å². The quantitative estimate of drug-likeness (QED) is 0.214. The van der Waals surface area contributed by atoms with Crippen molar-refractivity contribution in [1.29, 1.82) is 0 Å². The summed E-state index contributed by atoms with van der Waals surface area (Å²) in [5.74, 6) is 0.776. The molecule has 8 nitrogen and oxygen atoms in total. The molecule has 2 atom stereocenters. The number of fused-ring (bicyclic) bond motifs is 5. The summed E-state index contributed by atoms with van der Waals surface area (Å²) in [6, 6.07) is 12.4. The number of ether oxygens (including phenoxy) is 2. The number of methoxy groups -OCH3 is 1. The summed E-state index contributed by atoms with van der Waals surface area (Å²) in [6.07, 6.45) is -1.11. The van der Waals surface area contributed by atoms with Crippen LogP contribution in [-0.2, 0) is 7.05 Å². The molecule has 1 aliphatic heterocycles. The minimum Gasteiger partial charge on any atom is -0.496 e. The number of aryl methyl sites for hydroxylation is 1. The first kappa shape index (κ1) is 20.2. The van der Waals surface area contributed by atoms with E-state index in [-0.39, 0.29) is 5.43 Å². The van der Waals surface area contributed by atoms with E-state index in [4.69, 9.17) is 9.47 Å². The van der Waals surface area contributed by atoms with Crippen LogP contribution in [0.2, 0.25) is 0 Å². The van der Waals surface area contributed by atoms with Gasteiger partial charge in [0.25, 0.3) is 0 Å². The third-order valence-corrected chi connectivity index (χ3v) is 6.37. The lowest BCUT2D eigenvalue weighted by atomic mass is 9.85. The largest absolute Gasteiger partial charge is 0.496 e. The van der Waals surface area contributed by atoms with Gasteiger partial charge in [-0.25, -0.2) is 0 Å². The van der Waals surface area contributed by atoms with Crippen molar-refractivity contribution in [1.82, 2.24) is 4.57 Å². The second-order valence-electron chi connectivity index (χ2n) is 8.62. The van der Waals surface area contributed by atoms with Gasteiger partial charge in [-0.1, -0.05) is 29.4 Å². The van der Waals surface area contributed by atoms with Gasteiger partial charge in [0.1, 0.15) is 23.2 Å². The zero-order valence-corrected chi connectivity index (χ0v) is 18.2. The molecular weight excluding hydrogens is 408 g/mol. The van der Waals surface area contributed by atoms with E-state index in [1.165, 1.54) is 7.11 Å². The number of rotatable bonds is 2. The van der Waals surface area contributed by atoms with E-state index in [1.54, 1.807) is 19.9 Å². The predicted molar refractivity (Wildman–Crippen MR) is 123 cm³/mol. The van der Waals surface area contributed by atoms with Crippen LogP contribution >= 0.6 is 0 Å². The molecule has 8 heteroatoms. The third-order valence-electron chi connectivity index (χ3n) is 6.37. The van der Waals surface area contributed by atoms with E-state index in [0.717, 1.165) is 16.3 Å². The van der Waals surface area contributed by atoms with E-state index in [9.17, 15) is 15.4 Å². The Hall–Kier alpha value is -3.74. The van der Waals surface area contributed by atoms with Gasteiger partial charge < -0.3 is 19.1 Å². The van der Waals surface area contributed by atoms with Crippen LogP contribution in [0, 0.1) is 0 Å². The van der Waals surface area contributed by atoms with Crippen molar-refractivity contribution in [3.05, 3.63) is 68.7 Å². The van der Waals surface area contributed by atoms with Crippen LogP contribution in [0.3, 0.4) is 0 Å². The Labute approximate surface area is 183 Å². The Kier molecular flexibility index (Phi) is 4.34. The molecule has 0 saturated carbocycles. The molecule has 0 aliphatic carbocycles. The fourth-order valence-corrected chi connectivity index (χ4v) is 4.74. The summed E-state index contributed by atoms with van der Waals surface area (Å²) in [4.78, 5) is 16.7. The van der Waals surface area contributed by atoms with Crippen molar-refractivity contribution >= 4 is 32.6 Å².